The Morgan fingerprint density at radius 2 is 1.75 bits per heavy atom. The Balaban J connectivity index is 1.78. The highest BCUT2D eigenvalue weighted by atomic mass is 19.1. The number of hydrogen-bond donors (Lipinski definition) is 1. The van der Waals surface area contributed by atoms with Crippen LogP contribution in [0.5, 0.6) is 0 Å². The molecule has 20 heavy (non-hydrogen) atoms. The van der Waals surface area contributed by atoms with Gasteiger partial charge in [-0.1, -0.05) is 36.3 Å². The lowest BCUT2D eigenvalue weighted by molar-refractivity contribution is -0.115. The number of amides is 1. The zero-order chi connectivity index (χ0) is 14.2. The third-order valence-corrected chi connectivity index (χ3v) is 2.71. The summed E-state index contributed by atoms with van der Waals surface area (Å²) in [6.45, 7) is 0.480. The fraction of sp³-hybridized carbons (Fsp3) is 0.118. The van der Waals surface area contributed by atoms with Crippen LogP contribution in [-0.2, 0) is 11.2 Å². The van der Waals surface area contributed by atoms with Gasteiger partial charge >= 0.3 is 0 Å². The topological polar surface area (TPSA) is 29.1 Å². The Labute approximate surface area is 117 Å². The van der Waals surface area contributed by atoms with E-state index in [-0.39, 0.29) is 11.7 Å². The zero-order valence-corrected chi connectivity index (χ0v) is 10.9. The number of benzene rings is 2. The molecule has 0 aromatic heterocycles. The zero-order valence-electron chi connectivity index (χ0n) is 10.9. The second kappa shape index (κ2) is 7.10. The average molecular weight is 267 g/mol. The minimum atomic E-state index is -0.309. The fourth-order valence-electron chi connectivity index (χ4n) is 1.67. The average Bonchev–Trinajstić information content (AvgIpc) is 2.48. The lowest BCUT2D eigenvalue weighted by Gasteiger charge is -2.01. The van der Waals surface area contributed by atoms with Crippen molar-refractivity contribution in [3.63, 3.8) is 0 Å². The predicted octanol–water partition coefficient (Wildman–Crippen LogP) is 2.54. The van der Waals surface area contributed by atoms with Crippen LogP contribution >= 0.6 is 0 Å². The molecule has 0 heterocycles. The minimum absolute atomic E-state index is 0.258. The van der Waals surface area contributed by atoms with Gasteiger partial charge in [-0.2, -0.15) is 0 Å². The van der Waals surface area contributed by atoms with Crippen molar-refractivity contribution in [2.75, 3.05) is 6.54 Å². The predicted molar refractivity (Wildman–Crippen MR) is 76.4 cm³/mol. The molecule has 1 N–H and O–H groups in total. The van der Waals surface area contributed by atoms with Crippen molar-refractivity contribution in [1.29, 1.82) is 0 Å². The second-order valence-corrected chi connectivity index (χ2v) is 4.25. The molecule has 100 valence electrons. The number of hydrogen-bond acceptors (Lipinski definition) is 1. The van der Waals surface area contributed by atoms with Crippen molar-refractivity contribution in [3.05, 3.63) is 71.5 Å². The maximum Gasteiger partial charge on any atom is 0.296 e. The van der Waals surface area contributed by atoms with Crippen LogP contribution in [0.2, 0.25) is 0 Å². The van der Waals surface area contributed by atoms with Crippen LogP contribution in [0.25, 0.3) is 0 Å². The summed E-state index contributed by atoms with van der Waals surface area (Å²) in [4.78, 5) is 11.5. The van der Waals surface area contributed by atoms with Gasteiger partial charge in [0, 0.05) is 18.0 Å². The molecule has 0 fully saturated rings. The molecule has 0 aliphatic carbocycles. The van der Waals surface area contributed by atoms with E-state index < -0.39 is 0 Å². The highest BCUT2D eigenvalue weighted by molar-refractivity contribution is 5.94. The molecule has 0 saturated heterocycles. The van der Waals surface area contributed by atoms with E-state index in [4.69, 9.17) is 0 Å². The summed E-state index contributed by atoms with van der Waals surface area (Å²) < 4.78 is 12.7. The molecule has 3 heteroatoms. The highest BCUT2D eigenvalue weighted by Crippen LogP contribution is 2.02. The molecular weight excluding hydrogens is 253 g/mol. The van der Waals surface area contributed by atoms with Gasteiger partial charge in [-0.25, -0.2) is 4.39 Å². The smallest absolute Gasteiger partial charge is 0.296 e. The molecule has 0 atom stereocenters. The molecule has 2 rings (SSSR count). The monoisotopic (exact) mass is 267 g/mol. The van der Waals surface area contributed by atoms with Gasteiger partial charge in [0.15, 0.2) is 0 Å². The van der Waals surface area contributed by atoms with Crippen LogP contribution in [0.15, 0.2) is 54.6 Å². The van der Waals surface area contributed by atoms with Crippen molar-refractivity contribution < 1.29 is 9.18 Å². The van der Waals surface area contributed by atoms with Gasteiger partial charge in [-0.3, -0.25) is 4.79 Å². The van der Waals surface area contributed by atoms with Crippen molar-refractivity contribution in [2.45, 2.75) is 6.42 Å². The van der Waals surface area contributed by atoms with Crippen LogP contribution in [0.3, 0.4) is 0 Å². The van der Waals surface area contributed by atoms with E-state index in [1.54, 1.807) is 12.1 Å². The summed E-state index contributed by atoms with van der Waals surface area (Å²) in [5, 5.41) is 2.71. The fourth-order valence-corrected chi connectivity index (χ4v) is 1.67. The second-order valence-electron chi connectivity index (χ2n) is 4.25. The van der Waals surface area contributed by atoms with Gasteiger partial charge in [0.2, 0.25) is 0 Å². The largest absolute Gasteiger partial charge is 0.345 e. The normalized spacial score (nSPS) is 9.45. The van der Waals surface area contributed by atoms with Crippen molar-refractivity contribution >= 4 is 5.91 Å². The minimum Gasteiger partial charge on any atom is -0.345 e. The number of carbonyl (C=O) groups excluding carboxylic acids is 1. The lowest BCUT2D eigenvalue weighted by atomic mass is 10.1. The Kier molecular flexibility index (Phi) is 4.91. The van der Waals surface area contributed by atoms with E-state index in [9.17, 15) is 9.18 Å². The molecule has 2 nitrogen and oxygen atoms in total. The van der Waals surface area contributed by atoms with Crippen molar-refractivity contribution in [2.24, 2.45) is 0 Å². The molecule has 0 aliphatic rings. The quantitative estimate of drug-likeness (QED) is 0.851. The summed E-state index contributed by atoms with van der Waals surface area (Å²) in [5.74, 6) is 4.76. The van der Waals surface area contributed by atoms with Crippen LogP contribution in [-0.4, -0.2) is 12.5 Å². The first-order chi connectivity index (χ1) is 9.74. The number of nitrogens with one attached hydrogen (secondary N) is 1. The van der Waals surface area contributed by atoms with Gasteiger partial charge in [-0.15, -0.1) is 0 Å². The molecule has 0 saturated carbocycles. The first kappa shape index (κ1) is 13.8. The summed E-state index contributed by atoms with van der Waals surface area (Å²) >= 11 is 0. The van der Waals surface area contributed by atoms with E-state index >= 15 is 0 Å². The highest BCUT2D eigenvalue weighted by Gasteiger charge is 1.97. The standard InChI is InChI=1S/C17H14FNO/c18-16-9-6-15(7-10-16)12-13-19-17(20)11-8-14-4-2-1-3-5-14/h1-7,9-10H,12-13H2,(H,19,20). The van der Waals surface area contributed by atoms with E-state index in [0.717, 1.165) is 11.1 Å². The summed E-state index contributed by atoms with van der Waals surface area (Å²) in [6, 6.07) is 15.6. The van der Waals surface area contributed by atoms with E-state index in [1.165, 1.54) is 12.1 Å². The third-order valence-electron chi connectivity index (χ3n) is 2.71. The van der Waals surface area contributed by atoms with Crippen molar-refractivity contribution in [3.8, 4) is 11.8 Å². The van der Waals surface area contributed by atoms with Gasteiger partial charge in [0.1, 0.15) is 5.82 Å². The maximum absolute atomic E-state index is 12.7. The third kappa shape index (κ3) is 4.58. The molecular formula is C17H14FNO. The molecule has 0 spiro atoms. The first-order valence-electron chi connectivity index (χ1n) is 6.33. The molecule has 0 aliphatic heterocycles. The molecule has 0 radical (unpaired) electrons. The van der Waals surface area contributed by atoms with Gasteiger partial charge in [-0.05, 0) is 36.2 Å². The molecule has 0 unspecified atom stereocenters. The van der Waals surface area contributed by atoms with Crippen molar-refractivity contribution in [1.82, 2.24) is 5.32 Å². The van der Waals surface area contributed by atoms with Crippen LogP contribution in [0.4, 0.5) is 4.39 Å². The van der Waals surface area contributed by atoms with E-state index in [2.05, 4.69) is 17.2 Å². The van der Waals surface area contributed by atoms with Crippen LogP contribution in [0.1, 0.15) is 11.1 Å². The molecule has 1 amide bonds. The van der Waals surface area contributed by atoms with Gasteiger partial charge < -0.3 is 5.32 Å². The number of carbonyl (C=O) groups is 1. The maximum atomic E-state index is 12.7. The summed E-state index contributed by atoms with van der Waals surface area (Å²) in [5.41, 5.74) is 1.78. The van der Waals surface area contributed by atoms with Crippen LogP contribution < -0.4 is 5.32 Å². The summed E-state index contributed by atoms with van der Waals surface area (Å²) in [7, 11) is 0. The van der Waals surface area contributed by atoms with Gasteiger partial charge in [0.25, 0.3) is 5.91 Å². The molecule has 0 bridgehead atoms. The lowest BCUT2D eigenvalue weighted by Crippen LogP contribution is -2.23. The van der Waals surface area contributed by atoms with Crippen LogP contribution in [0, 0.1) is 17.7 Å². The van der Waals surface area contributed by atoms with E-state index in [1.807, 2.05) is 30.3 Å². The number of halogens is 1. The molecule has 2 aromatic carbocycles. The summed E-state index contributed by atoms with van der Waals surface area (Å²) in [6.07, 6.45) is 0.652. The Hall–Kier alpha value is -2.60. The number of rotatable bonds is 3. The van der Waals surface area contributed by atoms with E-state index in [0.29, 0.717) is 13.0 Å². The Morgan fingerprint density at radius 1 is 1.05 bits per heavy atom. The SMILES string of the molecule is O=C(C#Cc1ccccc1)NCCc1ccc(F)cc1. The molecule has 2 aromatic rings. The first-order valence-corrected chi connectivity index (χ1v) is 6.33. The van der Waals surface area contributed by atoms with Gasteiger partial charge in [0.05, 0.1) is 0 Å². The Morgan fingerprint density at radius 3 is 2.45 bits per heavy atom. The Bertz CT molecular complexity index is 624.